The lowest BCUT2D eigenvalue weighted by atomic mass is 10.2. The molecule has 0 radical (unpaired) electrons. The van der Waals surface area contributed by atoms with Crippen molar-refractivity contribution in [3.63, 3.8) is 0 Å². The van der Waals surface area contributed by atoms with Crippen LogP contribution in [-0.4, -0.2) is 36.9 Å². The quantitative estimate of drug-likeness (QED) is 0.523. The van der Waals surface area contributed by atoms with E-state index < -0.39 is 0 Å². The molecule has 29 heavy (non-hydrogen) atoms. The molecule has 1 aromatic carbocycles. The summed E-state index contributed by atoms with van der Waals surface area (Å²) in [6.07, 6.45) is 6.70. The van der Waals surface area contributed by atoms with Crippen LogP contribution in [0.5, 0.6) is 0 Å². The molecule has 0 spiro atoms. The van der Waals surface area contributed by atoms with Gasteiger partial charge in [0.05, 0.1) is 23.6 Å². The van der Waals surface area contributed by atoms with Gasteiger partial charge in [-0.25, -0.2) is 4.98 Å². The number of anilines is 3. The molecule has 154 valence electrons. The first-order valence-electron chi connectivity index (χ1n) is 10.5. The second kappa shape index (κ2) is 9.96. The van der Waals surface area contributed by atoms with Gasteiger partial charge in [0.1, 0.15) is 12.0 Å². The zero-order chi connectivity index (χ0) is 20.6. The molecule has 2 aromatic rings. The highest BCUT2D eigenvalue weighted by Crippen LogP contribution is 2.40. The van der Waals surface area contributed by atoms with Crippen molar-refractivity contribution >= 4 is 22.9 Å². The first-order chi connectivity index (χ1) is 14.2. The summed E-state index contributed by atoms with van der Waals surface area (Å²) < 4.78 is 0. The lowest BCUT2D eigenvalue weighted by Crippen LogP contribution is -2.32. The van der Waals surface area contributed by atoms with Crippen molar-refractivity contribution in [2.24, 2.45) is 0 Å². The smallest absolute Gasteiger partial charge is 0.128 e. The lowest BCUT2D eigenvalue weighted by molar-refractivity contribution is 0.753. The van der Waals surface area contributed by atoms with Gasteiger partial charge in [-0.2, -0.15) is 0 Å². The third-order valence-corrected chi connectivity index (χ3v) is 5.05. The van der Waals surface area contributed by atoms with Gasteiger partial charge < -0.3 is 25.8 Å². The van der Waals surface area contributed by atoms with Gasteiger partial charge >= 0.3 is 0 Å². The largest absolute Gasteiger partial charge is 0.391 e. The van der Waals surface area contributed by atoms with E-state index in [0.717, 1.165) is 48.8 Å². The molecule has 1 unspecified atom stereocenters. The lowest BCUT2D eigenvalue weighted by Gasteiger charge is -2.27. The molecular weight excluding hydrogens is 360 g/mol. The van der Waals surface area contributed by atoms with Crippen LogP contribution in [-0.2, 0) is 0 Å². The summed E-state index contributed by atoms with van der Waals surface area (Å²) in [7, 11) is 0. The fourth-order valence-corrected chi connectivity index (χ4v) is 3.61. The standard InChI is InChI=1S/C23H32N6/c1-4-15-28(6-3)22-12-11-18(16-26-22)23-27-20-9-7-8-10-21(20)29(23)17-19(24)13-14-25-5-2/h7-14,16,23-25,27H,4-6,15,17H2,1-3H3/b14-13-,24-19?. The molecule has 0 amide bonds. The van der Waals surface area contributed by atoms with Crippen molar-refractivity contribution in [1.29, 1.82) is 5.41 Å². The summed E-state index contributed by atoms with van der Waals surface area (Å²) >= 11 is 0. The minimum Gasteiger partial charge on any atom is -0.391 e. The van der Waals surface area contributed by atoms with Crippen molar-refractivity contribution < 1.29 is 0 Å². The third-order valence-electron chi connectivity index (χ3n) is 5.05. The van der Waals surface area contributed by atoms with Crippen LogP contribution in [0.1, 0.15) is 38.9 Å². The molecule has 0 aliphatic carbocycles. The van der Waals surface area contributed by atoms with Crippen molar-refractivity contribution in [2.75, 3.05) is 41.3 Å². The highest BCUT2D eigenvalue weighted by atomic mass is 15.3. The number of fused-ring (bicyclic) bond motifs is 1. The number of benzene rings is 1. The summed E-state index contributed by atoms with van der Waals surface area (Å²) in [6.45, 7) is 9.73. The van der Waals surface area contributed by atoms with Crippen LogP contribution in [0.25, 0.3) is 0 Å². The molecule has 6 heteroatoms. The Morgan fingerprint density at radius 3 is 2.76 bits per heavy atom. The molecule has 6 nitrogen and oxygen atoms in total. The van der Waals surface area contributed by atoms with Crippen molar-refractivity contribution in [3.8, 4) is 0 Å². The fourth-order valence-electron chi connectivity index (χ4n) is 3.61. The molecule has 1 aliphatic rings. The van der Waals surface area contributed by atoms with E-state index in [2.05, 4.69) is 58.5 Å². The number of hydrogen-bond acceptors (Lipinski definition) is 6. The molecule has 1 atom stereocenters. The third kappa shape index (κ3) is 4.88. The predicted octanol–water partition coefficient (Wildman–Crippen LogP) is 4.39. The Morgan fingerprint density at radius 2 is 2.07 bits per heavy atom. The average molecular weight is 393 g/mol. The number of hydrogen-bond donors (Lipinski definition) is 3. The second-order valence-electron chi connectivity index (χ2n) is 7.14. The maximum absolute atomic E-state index is 8.37. The van der Waals surface area contributed by atoms with E-state index in [0.29, 0.717) is 12.3 Å². The molecule has 0 fully saturated rings. The number of para-hydroxylation sites is 2. The Hall–Kier alpha value is -3.02. The SMILES string of the molecule is CCCN(CC)c1ccc(C2Nc3ccccc3N2CC(=N)/C=C\NCC)cn1. The van der Waals surface area contributed by atoms with E-state index in [1.807, 2.05) is 37.5 Å². The van der Waals surface area contributed by atoms with E-state index in [-0.39, 0.29) is 6.17 Å². The van der Waals surface area contributed by atoms with Crippen LogP contribution >= 0.6 is 0 Å². The molecule has 1 aliphatic heterocycles. The Bertz CT molecular complexity index is 830. The summed E-state index contributed by atoms with van der Waals surface area (Å²) in [5, 5.41) is 15.1. The molecule has 2 heterocycles. The van der Waals surface area contributed by atoms with E-state index >= 15 is 0 Å². The maximum Gasteiger partial charge on any atom is 0.128 e. The zero-order valence-corrected chi connectivity index (χ0v) is 17.7. The van der Waals surface area contributed by atoms with Gasteiger partial charge in [0.2, 0.25) is 0 Å². The van der Waals surface area contributed by atoms with Gasteiger partial charge in [-0.3, -0.25) is 0 Å². The molecule has 0 saturated heterocycles. The highest BCUT2D eigenvalue weighted by molar-refractivity contribution is 5.97. The minimum atomic E-state index is -0.0388. The first kappa shape index (κ1) is 20.7. The Labute approximate surface area is 174 Å². The van der Waals surface area contributed by atoms with E-state index in [4.69, 9.17) is 10.4 Å². The van der Waals surface area contributed by atoms with Gasteiger partial charge in [0.25, 0.3) is 0 Å². The van der Waals surface area contributed by atoms with Gasteiger partial charge in [-0.05, 0) is 56.8 Å². The summed E-state index contributed by atoms with van der Waals surface area (Å²) in [6, 6.07) is 12.5. The van der Waals surface area contributed by atoms with Crippen LogP contribution in [0.15, 0.2) is 54.9 Å². The Kier molecular flexibility index (Phi) is 7.11. The number of pyridine rings is 1. The molecule has 0 saturated carbocycles. The monoisotopic (exact) mass is 392 g/mol. The number of rotatable bonds is 10. The summed E-state index contributed by atoms with van der Waals surface area (Å²) in [4.78, 5) is 9.25. The topological polar surface area (TPSA) is 67.3 Å². The van der Waals surface area contributed by atoms with E-state index in [9.17, 15) is 0 Å². The Morgan fingerprint density at radius 1 is 1.24 bits per heavy atom. The zero-order valence-electron chi connectivity index (χ0n) is 17.7. The summed E-state index contributed by atoms with van der Waals surface area (Å²) in [5.74, 6) is 1.02. The van der Waals surface area contributed by atoms with E-state index in [1.54, 1.807) is 0 Å². The number of aromatic nitrogens is 1. The summed E-state index contributed by atoms with van der Waals surface area (Å²) in [5.41, 5.74) is 3.86. The van der Waals surface area contributed by atoms with Crippen molar-refractivity contribution in [3.05, 3.63) is 60.4 Å². The van der Waals surface area contributed by atoms with Gasteiger partial charge in [0, 0.05) is 31.4 Å². The van der Waals surface area contributed by atoms with Gasteiger partial charge in [-0.1, -0.05) is 19.1 Å². The highest BCUT2D eigenvalue weighted by Gasteiger charge is 2.30. The van der Waals surface area contributed by atoms with Crippen LogP contribution in [0.4, 0.5) is 17.2 Å². The molecule has 1 aromatic heterocycles. The maximum atomic E-state index is 8.37. The van der Waals surface area contributed by atoms with Gasteiger partial charge in [0.15, 0.2) is 0 Å². The van der Waals surface area contributed by atoms with Crippen LogP contribution < -0.4 is 20.4 Å². The molecule has 3 N–H and O–H groups in total. The molecular formula is C23H32N6. The number of nitrogens with one attached hydrogen (secondary N) is 3. The first-order valence-corrected chi connectivity index (χ1v) is 10.5. The second-order valence-corrected chi connectivity index (χ2v) is 7.14. The van der Waals surface area contributed by atoms with Crippen LogP contribution in [0.3, 0.4) is 0 Å². The van der Waals surface area contributed by atoms with Crippen molar-refractivity contribution in [1.82, 2.24) is 10.3 Å². The molecule has 0 bridgehead atoms. The minimum absolute atomic E-state index is 0.0388. The van der Waals surface area contributed by atoms with E-state index in [1.165, 1.54) is 0 Å². The van der Waals surface area contributed by atoms with Crippen LogP contribution in [0, 0.1) is 5.41 Å². The Balaban J connectivity index is 1.82. The normalized spacial score (nSPS) is 15.3. The van der Waals surface area contributed by atoms with Crippen molar-refractivity contribution in [2.45, 2.75) is 33.4 Å². The fraction of sp³-hybridized carbons (Fsp3) is 0.391. The average Bonchev–Trinajstić information content (AvgIpc) is 3.11. The predicted molar refractivity (Wildman–Crippen MR) is 123 cm³/mol. The van der Waals surface area contributed by atoms with Gasteiger partial charge in [-0.15, -0.1) is 0 Å². The number of nitrogens with zero attached hydrogens (tertiary/aromatic N) is 3. The van der Waals surface area contributed by atoms with Crippen LogP contribution in [0.2, 0.25) is 0 Å². The molecule has 3 rings (SSSR count).